The van der Waals surface area contributed by atoms with Gasteiger partial charge in [-0.3, -0.25) is 0 Å². The third kappa shape index (κ3) is 2.23. The first-order valence-electron chi connectivity index (χ1n) is 3.98. The smallest absolute Gasteiger partial charge is 0.0622 e. The van der Waals surface area contributed by atoms with E-state index in [1.807, 2.05) is 0 Å². The van der Waals surface area contributed by atoms with E-state index < -0.39 is 0 Å². The predicted octanol–water partition coefficient (Wildman–Crippen LogP) is 2.81. The van der Waals surface area contributed by atoms with Gasteiger partial charge in [-0.05, 0) is 18.3 Å². The molecule has 1 rings (SSSR count). The summed E-state index contributed by atoms with van der Waals surface area (Å²) >= 11 is 0. The summed E-state index contributed by atoms with van der Waals surface area (Å²) in [6.45, 7) is 2.20. The topological polar surface area (TPSA) is 23.8 Å². The van der Waals surface area contributed by atoms with Gasteiger partial charge in [0, 0.05) is 6.42 Å². The molecule has 0 aromatic heterocycles. The molecule has 11 heavy (non-hydrogen) atoms. The van der Waals surface area contributed by atoms with E-state index in [4.69, 9.17) is 5.26 Å². The van der Waals surface area contributed by atoms with Crippen LogP contribution < -0.4 is 0 Å². The minimum atomic E-state index is 0.241. The van der Waals surface area contributed by atoms with Crippen LogP contribution in [0.2, 0.25) is 0 Å². The number of allylic oxidation sites excluding steroid dienone is 4. The highest BCUT2D eigenvalue weighted by molar-refractivity contribution is 5.15. The second-order valence-electron chi connectivity index (χ2n) is 3.30. The van der Waals surface area contributed by atoms with Gasteiger partial charge >= 0.3 is 0 Å². The van der Waals surface area contributed by atoms with Crippen LogP contribution >= 0.6 is 0 Å². The molecule has 58 valence electrons. The van der Waals surface area contributed by atoms with Crippen LogP contribution in [0.25, 0.3) is 0 Å². The fraction of sp³-hybridized carbons (Fsp3) is 0.500. The minimum absolute atomic E-state index is 0.241. The van der Waals surface area contributed by atoms with Crippen molar-refractivity contribution in [3.05, 3.63) is 24.3 Å². The van der Waals surface area contributed by atoms with Crippen molar-refractivity contribution in [2.24, 2.45) is 5.41 Å². The van der Waals surface area contributed by atoms with Gasteiger partial charge in [-0.1, -0.05) is 31.2 Å². The van der Waals surface area contributed by atoms with Gasteiger partial charge in [0.1, 0.15) is 0 Å². The summed E-state index contributed by atoms with van der Waals surface area (Å²) in [5.74, 6) is 0. The highest BCUT2D eigenvalue weighted by Crippen LogP contribution is 2.31. The fourth-order valence-corrected chi connectivity index (χ4v) is 1.30. The maximum absolute atomic E-state index is 8.42. The average Bonchev–Trinajstić information content (AvgIpc) is 2.03. The summed E-state index contributed by atoms with van der Waals surface area (Å²) in [5.41, 5.74) is 0.241. The lowest BCUT2D eigenvalue weighted by Gasteiger charge is -2.24. The molecule has 0 heterocycles. The molecular formula is C10H13N. The number of hydrogen-bond acceptors (Lipinski definition) is 1. The summed E-state index contributed by atoms with van der Waals surface area (Å²) in [7, 11) is 0. The monoisotopic (exact) mass is 147 g/mol. The maximum atomic E-state index is 8.42. The molecular weight excluding hydrogens is 134 g/mol. The molecule has 0 spiro atoms. The zero-order chi connectivity index (χ0) is 8.16. The van der Waals surface area contributed by atoms with Crippen LogP contribution in [0, 0.1) is 16.7 Å². The van der Waals surface area contributed by atoms with E-state index >= 15 is 0 Å². The van der Waals surface area contributed by atoms with Crippen molar-refractivity contribution in [1.29, 1.82) is 5.26 Å². The van der Waals surface area contributed by atoms with E-state index in [-0.39, 0.29) is 5.41 Å². The predicted molar refractivity (Wildman–Crippen MR) is 45.9 cm³/mol. The second kappa shape index (κ2) is 3.39. The molecule has 0 radical (unpaired) electrons. The third-order valence-electron chi connectivity index (χ3n) is 2.14. The Kier molecular flexibility index (Phi) is 2.48. The van der Waals surface area contributed by atoms with E-state index in [0.29, 0.717) is 6.42 Å². The Bertz CT molecular complexity index is 220. The standard InChI is InChI=1S/C10H13N/c1-10(8-5-9-11)6-3-2-4-7-10/h2-4,6H,5,7-8H2,1H3. The van der Waals surface area contributed by atoms with Gasteiger partial charge in [0.15, 0.2) is 0 Å². The first kappa shape index (κ1) is 8.07. The van der Waals surface area contributed by atoms with E-state index in [1.54, 1.807) is 0 Å². The molecule has 0 saturated heterocycles. The summed E-state index contributed by atoms with van der Waals surface area (Å²) < 4.78 is 0. The normalized spacial score (nSPS) is 28.4. The van der Waals surface area contributed by atoms with Crippen molar-refractivity contribution in [1.82, 2.24) is 0 Å². The van der Waals surface area contributed by atoms with E-state index in [0.717, 1.165) is 12.8 Å². The van der Waals surface area contributed by atoms with Crippen molar-refractivity contribution in [3.63, 3.8) is 0 Å². The van der Waals surface area contributed by atoms with Gasteiger partial charge in [0.05, 0.1) is 6.07 Å². The van der Waals surface area contributed by atoms with Crippen LogP contribution in [0.1, 0.15) is 26.2 Å². The fourth-order valence-electron chi connectivity index (χ4n) is 1.30. The number of nitrogens with zero attached hydrogens (tertiary/aromatic N) is 1. The molecule has 0 aromatic rings. The molecule has 1 unspecified atom stereocenters. The molecule has 0 N–H and O–H groups in total. The van der Waals surface area contributed by atoms with Crippen molar-refractivity contribution >= 4 is 0 Å². The van der Waals surface area contributed by atoms with E-state index in [2.05, 4.69) is 37.3 Å². The molecule has 1 aliphatic carbocycles. The van der Waals surface area contributed by atoms with Gasteiger partial charge in [-0.25, -0.2) is 0 Å². The van der Waals surface area contributed by atoms with Crippen molar-refractivity contribution < 1.29 is 0 Å². The molecule has 0 fully saturated rings. The summed E-state index contributed by atoms with van der Waals surface area (Å²) in [6, 6.07) is 2.18. The van der Waals surface area contributed by atoms with Gasteiger partial charge < -0.3 is 0 Å². The van der Waals surface area contributed by atoms with Gasteiger partial charge in [0.2, 0.25) is 0 Å². The molecule has 1 atom stereocenters. The van der Waals surface area contributed by atoms with Crippen molar-refractivity contribution in [2.75, 3.05) is 0 Å². The Labute approximate surface area is 68.0 Å². The lowest BCUT2D eigenvalue weighted by molar-refractivity contribution is 0.399. The molecule has 1 nitrogen and oxygen atoms in total. The summed E-state index contributed by atoms with van der Waals surface area (Å²) in [5, 5.41) is 8.42. The highest BCUT2D eigenvalue weighted by atomic mass is 14.3. The van der Waals surface area contributed by atoms with E-state index in [1.165, 1.54) is 0 Å². The molecule has 0 amide bonds. The Morgan fingerprint density at radius 1 is 1.55 bits per heavy atom. The Morgan fingerprint density at radius 2 is 2.36 bits per heavy atom. The van der Waals surface area contributed by atoms with Crippen LogP contribution in [-0.4, -0.2) is 0 Å². The van der Waals surface area contributed by atoms with Crippen LogP contribution in [-0.2, 0) is 0 Å². The maximum Gasteiger partial charge on any atom is 0.0622 e. The number of rotatable bonds is 2. The molecule has 0 aliphatic heterocycles. The largest absolute Gasteiger partial charge is 0.198 e. The molecule has 0 saturated carbocycles. The van der Waals surface area contributed by atoms with Crippen LogP contribution in [0.5, 0.6) is 0 Å². The SMILES string of the molecule is CC1(CCC#N)C=CC=CC1. The Balaban J connectivity index is 2.48. The summed E-state index contributed by atoms with van der Waals surface area (Å²) in [4.78, 5) is 0. The van der Waals surface area contributed by atoms with Crippen molar-refractivity contribution in [3.8, 4) is 6.07 Å². The van der Waals surface area contributed by atoms with Crippen LogP contribution in [0.3, 0.4) is 0 Å². The molecule has 1 heteroatoms. The van der Waals surface area contributed by atoms with Crippen LogP contribution in [0.4, 0.5) is 0 Å². The lowest BCUT2D eigenvalue weighted by atomic mass is 9.80. The van der Waals surface area contributed by atoms with Crippen LogP contribution in [0.15, 0.2) is 24.3 Å². The van der Waals surface area contributed by atoms with Gasteiger partial charge in [-0.15, -0.1) is 0 Å². The molecule has 1 aliphatic rings. The third-order valence-corrected chi connectivity index (χ3v) is 2.14. The van der Waals surface area contributed by atoms with Gasteiger partial charge in [-0.2, -0.15) is 5.26 Å². The highest BCUT2D eigenvalue weighted by Gasteiger charge is 2.19. The average molecular weight is 147 g/mol. The quantitative estimate of drug-likeness (QED) is 0.589. The lowest BCUT2D eigenvalue weighted by Crippen LogP contribution is -2.12. The second-order valence-corrected chi connectivity index (χ2v) is 3.30. The summed E-state index contributed by atoms with van der Waals surface area (Å²) in [6.07, 6.45) is 11.2. The Hall–Kier alpha value is -1.03. The zero-order valence-electron chi connectivity index (χ0n) is 6.88. The number of hydrogen-bond donors (Lipinski definition) is 0. The van der Waals surface area contributed by atoms with Crippen molar-refractivity contribution in [2.45, 2.75) is 26.2 Å². The zero-order valence-corrected chi connectivity index (χ0v) is 6.88. The van der Waals surface area contributed by atoms with Gasteiger partial charge in [0.25, 0.3) is 0 Å². The minimum Gasteiger partial charge on any atom is -0.198 e. The van der Waals surface area contributed by atoms with E-state index in [9.17, 15) is 0 Å². The first-order chi connectivity index (χ1) is 5.27. The molecule has 0 bridgehead atoms. The number of nitriles is 1. The molecule has 0 aromatic carbocycles. The first-order valence-corrected chi connectivity index (χ1v) is 3.98. The Morgan fingerprint density at radius 3 is 2.91 bits per heavy atom.